The lowest BCUT2D eigenvalue weighted by Gasteiger charge is -2.36. The molecule has 1 aromatic rings. The molecule has 0 spiro atoms. The quantitative estimate of drug-likeness (QED) is 0.822. The fourth-order valence-electron chi connectivity index (χ4n) is 3.30. The Balaban J connectivity index is 1.55. The molecule has 7 heteroatoms. The number of amides is 1. The Hall–Kier alpha value is -1.11. The Morgan fingerprint density at radius 3 is 2.96 bits per heavy atom. The van der Waals surface area contributed by atoms with Crippen molar-refractivity contribution in [2.45, 2.75) is 31.4 Å². The zero-order chi connectivity index (χ0) is 16.4. The number of nitrogens with zero attached hydrogens (tertiary/aromatic N) is 1. The minimum Gasteiger partial charge on any atom is -0.373 e. The molecular weight excluding hydrogens is 338 g/mol. The number of benzene rings is 1. The van der Waals surface area contributed by atoms with E-state index in [1.54, 1.807) is 4.90 Å². The fourth-order valence-corrected chi connectivity index (χ4v) is 5.39. The van der Waals surface area contributed by atoms with Crippen molar-refractivity contribution >= 4 is 27.3 Å². The monoisotopic (exact) mass is 357 g/mol. The third kappa shape index (κ3) is 4.05. The van der Waals surface area contributed by atoms with Gasteiger partial charge < -0.3 is 9.64 Å². The van der Waals surface area contributed by atoms with Gasteiger partial charge in [-0.25, -0.2) is 8.42 Å². The summed E-state index contributed by atoms with van der Waals surface area (Å²) in [5.41, 5.74) is 1.11. The van der Waals surface area contributed by atoms with Crippen molar-refractivity contribution < 1.29 is 17.9 Å². The highest BCUT2D eigenvalue weighted by Crippen LogP contribution is 2.25. The van der Waals surface area contributed by atoms with Crippen LogP contribution in [0, 0.1) is 0 Å². The van der Waals surface area contributed by atoms with E-state index in [2.05, 4.69) is 0 Å². The number of ether oxygens (including phenoxy) is 1. The molecule has 0 aliphatic carbocycles. The molecule has 0 radical (unpaired) electrons. The zero-order valence-electron chi connectivity index (χ0n) is 12.8. The van der Waals surface area contributed by atoms with Crippen LogP contribution in [0.1, 0.15) is 18.4 Å². The standard InChI is InChI=1S/C16H20ClNO4S/c17-13-5-1-3-12(9-13)4-2-6-16(19)18-7-8-22-15-11-23(20,21)10-14(15)18/h1,3,5,9,14-15H,2,4,6-8,10-11H2. The number of aryl methyl sites for hydroxylation is 1. The molecule has 126 valence electrons. The Kier molecular flexibility index (Phi) is 4.94. The summed E-state index contributed by atoms with van der Waals surface area (Å²) in [7, 11) is -3.10. The van der Waals surface area contributed by atoms with Crippen LogP contribution in [-0.2, 0) is 25.8 Å². The average molecular weight is 358 g/mol. The van der Waals surface area contributed by atoms with E-state index >= 15 is 0 Å². The summed E-state index contributed by atoms with van der Waals surface area (Å²) >= 11 is 5.95. The van der Waals surface area contributed by atoms with Gasteiger partial charge in [0, 0.05) is 18.0 Å². The maximum atomic E-state index is 12.5. The molecule has 0 N–H and O–H groups in total. The van der Waals surface area contributed by atoms with Crippen LogP contribution in [0.15, 0.2) is 24.3 Å². The number of hydrogen-bond acceptors (Lipinski definition) is 4. The van der Waals surface area contributed by atoms with Crippen LogP contribution in [-0.4, -0.2) is 56.0 Å². The summed E-state index contributed by atoms with van der Waals surface area (Å²) in [6.45, 7) is 0.892. The van der Waals surface area contributed by atoms with E-state index in [1.807, 2.05) is 24.3 Å². The summed E-state index contributed by atoms with van der Waals surface area (Å²) in [6.07, 6.45) is 1.56. The molecule has 2 heterocycles. The van der Waals surface area contributed by atoms with Crippen molar-refractivity contribution in [3.63, 3.8) is 0 Å². The topological polar surface area (TPSA) is 63.7 Å². The largest absolute Gasteiger partial charge is 0.373 e. The van der Waals surface area contributed by atoms with Crippen molar-refractivity contribution in [2.24, 2.45) is 0 Å². The van der Waals surface area contributed by atoms with E-state index in [0.29, 0.717) is 24.6 Å². The highest BCUT2D eigenvalue weighted by molar-refractivity contribution is 7.91. The van der Waals surface area contributed by atoms with E-state index < -0.39 is 9.84 Å². The third-order valence-corrected chi connectivity index (χ3v) is 6.32. The summed E-state index contributed by atoms with van der Waals surface area (Å²) in [5, 5.41) is 0.695. The highest BCUT2D eigenvalue weighted by atomic mass is 35.5. The number of carbonyl (C=O) groups is 1. The van der Waals surface area contributed by atoms with Crippen LogP contribution < -0.4 is 0 Å². The maximum absolute atomic E-state index is 12.5. The second-order valence-corrected chi connectivity index (χ2v) is 8.71. The van der Waals surface area contributed by atoms with E-state index in [0.717, 1.165) is 18.4 Å². The minimum atomic E-state index is -3.10. The van der Waals surface area contributed by atoms with Gasteiger partial charge in [0.25, 0.3) is 0 Å². The Morgan fingerprint density at radius 2 is 2.17 bits per heavy atom. The van der Waals surface area contributed by atoms with Gasteiger partial charge in [0.15, 0.2) is 9.84 Å². The first-order valence-electron chi connectivity index (χ1n) is 7.80. The van der Waals surface area contributed by atoms with Gasteiger partial charge >= 0.3 is 0 Å². The predicted octanol–water partition coefficient (Wildman–Crippen LogP) is 1.69. The van der Waals surface area contributed by atoms with E-state index in [-0.39, 0.29) is 29.6 Å². The average Bonchev–Trinajstić information content (AvgIpc) is 2.80. The lowest BCUT2D eigenvalue weighted by Crippen LogP contribution is -2.53. The number of halogens is 1. The predicted molar refractivity (Wildman–Crippen MR) is 88.3 cm³/mol. The van der Waals surface area contributed by atoms with Crippen molar-refractivity contribution in [1.82, 2.24) is 4.90 Å². The molecule has 5 nitrogen and oxygen atoms in total. The second-order valence-electron chi connectivity index (χ2n) is 6.12. The number of sulfone groups is 1. The molecule has 2 unspecified atom stereocenters. The van der Waals surface area contributed by atoms with Crippen molar-refractivity contribution in [3.05, 3.63) is 34.9 Å². The van der Waals surface area contributed by atoms with Crippen LogP contribution in [0.25, 0.3) is 0 Å². The first-order valence-corrected chi connectivity index (χ1v) is 10.0. The summed E-state index contributed by atoms with van der Waals surface area (Å²) < 4.78 is 29.0. The summed E-state index contributed by atoms with van der Waals surface area (Å²) in [4.78, 5) is 14.2. The third-order valence-electron chi connectivity index (χ3n) is 4.40. The molecule has 0 bridgehead atoms. The molecular formula is C16H20ClNO4S. The lowest BCUT2D eigenvalue weighted by molar-refractivity contribution is -0.142. The number of rotatable bonds is 4. The Bertz CT molecular complexity index is 691. The zero-order valence-corrected chi connectivity index (χ0v) is 14.4. The minimum absolute atomic E-state index is 0.0161. The summed E-state index contributed by atoms with van der Waals surface area (Å²) in [5.74, 6) is 0.0733. The van der Waals surface area contributed by atoms with Crippen LogP contribution in [0.4, 0.5) is 0 Å². The van der Waals surface area contributed by atoms with Crippen LogP contribution in [0.5, 0.6) is 0 Å². The molecule has 2 aliphatic rings. The SMILES string of the molecule is O=C(CCCc1cccc(Cl)c1)N1CCOC2CS(=O)(=O)CC21. The lowest BCUT2D eigenvalue weighted by atomic mass is 10.1. The second kappa shape index (κ2) is 6.79. The van der Waals surface area contributed by atoms with Gasteiger partial charge in [-0.1, -0.05) is 23.7 Å². The first kappa shape index (κ1) is 16.7. The maximum Gasteiger partial charge on any atom is 0.223 e. The molecule has 0 aromatic heterocycles. The van der Waals surface area contributed by atoms with Gasteiger partial charge in [0.2, 0.25) is 5.91 Å². The van der Waals surface area contributed by atoms with Crippen LogP contribution >= 0.6 is 11.6 Å². The molecule has 1 aromatic carbocycles. The molecule has 23 heavy (non-hydrogen) atoms. The van der Waals surface area contributed by atoms with E-state index in [4.69, 9.17) is 16.3 Å². The Morgan fingerprint density at radius 1 is 1.35 bits per heavy atom. The van der Waals surface area contributed by atoms with Crippen molar-refractivity contribution in [3.8, 4) is 0 Å². The first-order chi connectivity index (χ1) is 10.9. The van der Waals surface area contributed by atoms with Gasteiger partial charge in [-0.2, -0.15) is 0 Å². The fraction of sp³-hybridized carbons (Fsp3) is 0.562. The highest BCUT2D eigenvalue weighted by Gasteiger charge is 2.45. The van der Waals surface area contributed by atoms with Crippen LogP contribution in [0.2, 0.25) is 5.02 Å². The van der Waals surface area contributed by atoms with Gasteiger partial charge in [0.05, 0.1) is 30.3 Å². The molecule has 1 amide bonds. The van der Waals surface area contributed by atoms with Gasteiger partial charge in [-0.15, -0.1) is 0 Å². The van der Waals surface area contributed by atoms with Gasteiger partial charge in [-0.3, -0.25) is 4.79 Å². The van der Waals surface area contributed by atoms with Crippen molar-refractivity contribution in [2.75, 3.05) is 24.7 Å². The van der Waals surface area contributed by atoms with Gasteiger partial charge in [-0.05, 0) is 30.5 Å². The molecule has 2 aliphatic heterocycles. The van der Waals surface area contributed by atoms with E-state index in [1.165, 1.54) is 0 Å². The smallest absolute Gasteiger partial charge is 0.223 e. The van der Waals surface area contributed by atoms with Crippen molar-refractivity contribution in [1.29, 1.82) is 0 Å². The van der Waals surface area contributed by atoms with E-state index in [9.17, 15) is 13.2 Å². The normalized spacial score (nSPS) is 26.0. The van der Waals surface area contributed by atoms with Gasteiger partial charge in [0.1, 0.15) is 0 Å². The Labute approximate surface area is 141 Å². The number of morpholine rings is 1. The molecule has 2 saturated heterocycles. The molecule has 3 rings (SSSR count). The summed E-state index contributed by atoms with van der Waals surface area (Å²) in [6, 6.07) is 7.30. The molecule has 0 saturated carbocycles. The number of carbonyl (C=O) groups excluding carboxylic acids is 1. The molecule has 2 atom stereocenters. The number of fused-ring (bicyclic) bond motifs is 1. The molecule has 2 fully saturated rings. The number of hydrogen-bond donors (Lipinski definition) is 0. The van der Waals surface area contributed by atoms with Crippen LogP contribution in [0.3, 0.4) is 0 Å².